The van der Waals surface area contributed by atoms with Crippen molar-refractivity contribution in [2.45, 2.75) is 79.1 Å². The lowest BCUT2D eigenvalue weighted by Gasteiger charge is -2.41. The molecule has 0 amide bonds. The highest BCUT2D eigenvalue weighted by Gasteiger charge is 2.40. The largest absolute Gasteiger partial charge is 0.436 e. The molecule has 0 aliphatic heterocycles. The quantitative estimate of drug-likeness (QED) is 0.531. The van der Waals surface area contributed by atoms with Crippen LogP contribution in [0.15, 0.2) is 0 Å². The van der Waals surface area contributed by atoms with Gasteiger partial charge in [-0.15, -0.1) is 0 Å². The van der Waals surface area contributed by atoms with E-state index in [2.05, 4.69) is 13.8 Å². The van der Waals surface area contributed by atoms with Gasteiger partial charge < -0.3 is 9.47 Å². The minimum Gasteiger partial charge on any atom is -0.436 e. The van der Waals surface area contributed by atoms with Gasteiger partial charge in [0.15, 0.2) is 6.29 Å². The van der Waals surface area contributed by atoms with E-state index >= 15 is 0 Å². The second-order valence-electron chi connectivity index (χ2n) is 6.14. The van der Waals surface area contributed by atoms with Crippen LogP contribution in [0, 0.1) is 17.8 Å². The van der Waals surface area contributed by atoms with Crippen molar-refractivity contribution in [1.29, 1.82) is 0 Å². The molecular formula is C17H30O4. The molecule has 0 N–H and O–H groups in total. The van der Waals surface area contributed by atoms with E-state index < -0.39 is 6.29 Å². The fourth-order valence-corrected chi connectivity index (χ4v) is 3.33. The molecule has 1 rings (SSSR count). The third kappa shape index (κ3) is 5.10. The molecule has 0 spiro atoms. The van der Waals surface area contributed by atoms with E-state index in [-0.39, 0.29) is 23.8 Å². The molecule has 0 aromatic carbocycles. The van der Waals surface area contributed by atoms with E-state index in [9.17, 15) is 9.59 Å². The van der Waals surface area contributed by atoms with Crippen LogP contribution in [0.25, 0.3) is 0 Å². The predicted octanol–water partition coefficient (Wildman–Crippen LogP) is 3.72. The van der Waals surface area contributed by atoms with Crippen LogP contribution >= 0.6 is 0 Å². The van der Waals surface area contributed by atoms with Gasteiger partial charge in [0.25, 0.3) is 0 Å². The number of ketones is 1. The second-order valence-corrected chi connectivity index (χ2v) is 6.14. The van der Waals surface area contributed by atoms with E-state index in [1.165, 1.54) is 0 Å². The SMILES string of the molecule is CCC(=O)OC(C)OC1C(CC)CC(CC)CC1C(C)=O. The van der Waals surface area contributed by atoms with E-state index in [1.54, 1.807) is 20.8 Å². The lowest BCUT2D eigenvalue weighted by atomic mass is 9.70. The Morgan fingerprint density at radius 2 is 1.81 bits per heavy atom. The van der Waals surface area contributed by atoms with Gasteiger partial charge in [0.1, 0.15) is 5.78 Å². The zero-order valence-corrected chi connectivity index (χ0v) is 14.1. The number of rotatable bonds is 7. The van der Waals surface area contributed by atoms with Gasteiger partial charge in [0, 0.05) is 12.3 Å². The molecule has 122 valence electrons. The Balaban J connectivity index is 2.77. The molecule has 1 aliphatic rings. The number of carbonyl (C=O) groups is 2. The molecule has 1 fully saturated rings. The number of hydrogen-bond donors (Lipinski definition) is 0. The first kappa shape index (κ1) is 18.1. The van der Waals surface area contributed by atoms with Crippen molar-refractivity contribution >= 4 is 11.8 Å². The van der Waals surface area contributed by atoms with Crippen molar-refractivity contribution < 1.29 is 19.1 Å². The molecule has 0 saturated heterocycles. The third-order valence-electron chi connectivity index (χ3n) is 4.64. The van der Waals surface area contributed by atoms with Crippen molar-refractivity contribution in [2.75, 3.05) is 0 Å². The van der Waals surface area contributed by atoms with Crippen molar-refractivity contribution in [3.8, 4) is 0 Å². The van der Waals surface area contributed by atoms with Gasteiger partial charge in [-0.25, -0.2) is 0 Å². The average molecular weight is 298 g/mol. The molecule has 21 heavy (non-hydrogen) atoms. The van der Waals surface area contributed by atoms with Crippen LogP contribution in [-0.2, 0) is 19.1 Å². The summed E-state index contributed by atoms with van der Waals surface area (Å²) in [7, 11) is 0. The molecule has 5 atom stereocenters. The Labute approximate surface area is 128 Å². The number of esters is 1. The maximum absolute atomic E-state index is 12.0. The molecule has 1 aliphatic carbocycles. The minimum atomic E-state index is -0.587. The second kappa shape index (κ2) is 8.52. The summed E-state index contributed by atoms with van der Waals surface area (Å²) in [5, 5.41) is 0. The molecule has 5 unspecified atom stereocenters. The van der Waals surface area contributed by atoms with Crippen LogP contribution < -0.4 is 0 Å². The topological polar surface area (TPSA) is 52.6 Å². The van der Waals surface area contributed by atoms with Gasteiger partial charge in [-0.1, -0.05) is 33.6 Å². The van der Waals surface area contributed by atoms with Crippen LogP contribution in [-0.4, -0.2) is 24.1 Å². The first-order valence-electron chi connectivity index (χ1n) is 8.28. The molecule has 0 aromatic heterocycles. The molecule has 0 radical (unpaired) electrons. The fourth-order valence-electron chi connectivity index (χ4n) is 3.33. The Morgan fingerprint density at radius 3 is 2.29 bits per heavy atom. The number of Topliss-reactive ketones (excluding diaryl/α,β-unsaturated/α-hetero) is 1. The normalized spacial score (nSPS) is 30.7. The first-order valence-corrected chi connectivity index (χ1v) is 8.28. The predicted molar refractivity (Wildman–Crippen MR) is 81.7 cm³/mol. The fraction of sp³-hybridized carbons (Fsp3) is 0.882. The highest BCUT2D eigenvalue weighted by atomic mass is 16.7. The number of carbonyl (C=O) groups excluding carboxylic acids is 2. The Bertz CT molecular complexity index is 353. The Kier molecular flexibility index (Phi) is 7.36. The van der Waals surface area contributed by atoms with Gasteiger partial charge in [-0.2, -0.15) is 0 Å². The third-order valence-corrected chi connectivity index (χ3v) is 4.64. The van der Waals surface area contributed by atoms with Gasteiger partial charge in [-0.3, -0.25) is 9.59 Å². The summed E-state index contributed by atoms with van der Waals surface area (Å²) in [6.07, 6.45) is 3.69. The van der Waals surface area contributed by atoms with Gasteiger partial charge in [0.2, 0.25) is 0 Å². The monoisotopic (exact) mass is 298 g/mol. The standard InChI is InChI=1S/C17H30O4/c1-6-13-9-14(7-2)17(15(10-13)11(4)18)21-12(5)20-16(19)8-3/h12-15,17H,6-10H2,1-5H3. The zero-order chi connectivity index (χ0) is 16.0. The lowest BCUT2D eigenvalue weighted by Crippen LogP contribution is -2.44. The zero-order valence-electron chi connectivity index (χ0n) is 14.1. The first-order chi connectivity index (χ1) is 9.92. The maximum atomic E-state index is 12.0. The van der Waals surface area contributed by atoms with E-state index in [4.69, 9.17) is 9.47 Å². The van der Waals surface area contributed by atoms with Crippen molar-refractivity contribution in [1.82, 2.24) is 0 Å². The summed E-state index contributed by atoms with van der Waals surface area (Å²) < 4.78 is 11.2. The van der Waals surface area contributed by atoms with E-state index in [0.29, 0.717) is 18.3 Å². The molecule has 4 heteroatoms. The van der Waals surface area contributed by atoms with Crippen LogP contribution in [0.2, 0.25) is 0 Å². The van der Waals surface area contributed by atoms with E-state index in [0.717, 1.165) is 25.7 Å². The Morgan fingerprint density at radius 1 is 1.14 bits per heavy atom. The van der Waals surface area contributed by atoms with Crippen LogP contribution in [0.5, 0.6) is 0 Å². The summed E-state index contributed by atoms with van der Waals surface area (Å²) in [6, 6.07) is 0. The summed E-state index contributed by atoms with van der Waals surface area (Å²) >= 11 is 0. The maximum Gasteiger partial charge on any atom is 0.307 e. The lowest BCUT2D eigenvalue weighted by molar-refractivity contribution is -0.203. The molecule has 0 aromatic rings. The molecule has 4 nitrogen and oxygen atoms in total. The highest BCUT2D eigenvalue weighted by molar-refractivity contribution is 5.79. The highest BCUT2D eigenvalue weighted by Crippen LogP contribution is 2.39. The summed E-state index contributed by atoms with van der Waals surface area (Å²) in [5.41, 5.74) is 0. The Hall–Kier alpha value is -0.900. The molecule has 0 bridgehead atoms. The van der Waals surface area contributed by atoms with Gasteiger partial charge in [-0.05, 0) is 38.5 Å². The average Bonchev–Trinajstić information content (AvgIpc) is 2.46. The van der Waals surface area contributed by atoms with Gasteiger partial charge >= 0.3 is 5.97 Å². The number of hydrogen-bond acceptors (Lipinski definition) is 4. The minimum absolute atomic E-state index is 0.0728. The van der Waals surface area contributed by atoms with Crippen molar-refractivity contribution in [3.05, 3.63) is 0 Å². The molecule has 0 heterocycles. The molecule has 1 saturated carbocycles. The van der Waals surface area contributed by atoms with Crippen molar-refractivity contribution in [2.24, 2.45) is 17.8 Å². The van der Waals surface area contributed by atoms with E-state index in [1.807, 2.05) is 0 Å². The van der Waals surface area contributed by atoms with Crippen molar-refractivity contribution in [3.63, 3.8) is 0 Å². The molecular weight excluding hydrogens is 268 g/mol. The summed E-state index contributed by atoms with van der Waals surface area (Å²) in [4.78, 5) is 23.4. The summed E-state index contributed by atoms with van der Waals surface area (Å²) in [6.45, 7) is 9.47. The summed E-state index contributed by atoms with van der Waals surface area (Å²) in [5.74, 6) is 0.803. The van der Waals surface area contributed by atoms with Gasteiger partial charge in [0.05, 0.1) is 6.10 Å². The number of ether oxygens (including phenoxy) is 2. The van der Waals surface area contributed by atoms with Crippen LogP contribution in [0.4, 0.5) is 0 Å². The van der Waals surface area contributed by atoms with Crippen LogP contribution in [0.1, 0.15) is 66.7 Å². The smallest absolute Gasteiger partial charge is 0.307 e. The van der Waals surface area contributed by atoms with Crippen LogP contribution in [0.3, 0.4) is 0 Å².